The number of nitrogens with zero attached hydrogens (tertiary/aromatic N) is 2. The van der Waals surface area contributed by atoms with E-state index in [1.807, 2.05) is 0 Å². The van der Waals surface area contributed by atoms with Gasteiger partial charge in [0.1, 0.15) is 10.6 Å². The largest absolute Gasteiger partial charge is 0.360 e. The fourth-order valence-electron chi connectivity index (χ4n) is 2.49. The third kappa shape index (κ3) is 2.98. The molecule has 0 aromatic carbocycles. The van der Waals surface area contributed by atoms with Crippen molar-refractivity contribution in [2.24, 2.45) is 0 Å². The SMILES string of the molecule is Cc1noc(C)c1S(=O)(=O)N(C)CC1CCCCN1. The molecule has 0 saturated carbocycles. The highest BCUT2D eigenvalue weighted by Gasteiger charge is 2.30. The van der Waals surface area contributed by atoms with Crippen LogP contribution in [0.1, 0.15) is 30.7 Å². The zero-order valence-electron chi connectivity index (χ0n) is 11.6. The summed E-state index contributed by atoms with van der Waals surface area (Å²) in [5, 5.41) is 7.07. The van der Waals surface area contributed by atoms with Crippen LogP contribution in [0.2, 0.25) is 0 Å². The van der Waals surface area contributed by atoms with Crippen molar-refractivity contribution in [1.82, 2.24) is 14.8 Å². The Morgan fingerprint density at radius 3 is 2.68 bits per heavy atom. The molecule has 2 rings (SSSR count). The number of hydrogen-bond donors (Lipinski definition) is 1. The van der Waals surface area contributed by atoms with Crippen molar-refractivity contribution >= 4 is 10.0 Å². The smallest absolute Gasteiger partial charge is 0.248 e. The normalized spacial score (nSPS) is 20.9. The van der Waals surface area contributed by atoms with Crippen molar-refractivity contribution < 1.29 is 12.9 Å². The van der Waals surface area contributed by atoms with Crippen molar-refractivity contribution in [3.05, 3.63) is 11.5 Å². The van der Waals surface area contributed by atoms with Gasteiger partial charge in [-0.2, -0.15) is 4.31 Å². The number of likely N-dealkylation sites (N-methyl/N-ethyl adjacent to an activating group) is 1. The van der Waals surface area contributed by atoms with Crippen LogP contribution in [-0.2, 0) is 10.0 Å². The van der Waals surface area contributed by atoms with E-state index < -0.39 is 10.0 Å². The molecule has 2 heterocycles. The molecule has 1 saturated heterocycles. The molecule has 0 spiro atoms. The van der Waals surface area contributed by atoms with Crippen LogP contribution in [-0.4, -0.2) is 44.1 Å². The highest BCUT2D eigenvalue weighted by atomic mass is 32.2. The zero-order valence-corrected chi connectivity index (χ0v) is 12.5. The number of hydrogen-bond acceptors (Lipinski definition) is 5. The summed E-state index contributed by atoms with van der Waals surface area (Å²) in [6.07, 6.45) is 3.33. The average Bonchev–Trinajstić information content (AvgIpc) is 2.70. The topological polar surface area (TPSA) is 75.4 Å². The van der Waals surface area contributed by atoms with E-state index in [2.05, 4.69) is 10.5 Å². The van der Waals surface area contributed by atoms with Crippen LogP contribution in [0.5, 0.6) is 0 Å². The molecule has 1 fully saturated rings. The molecule has 6 nitrogen and oxygen atoms in total. The second kappa shape index (κ2) is 5.60. The van der Waals surface area contributed by atoms with E-state index >= 15 is 0 Å². The Balaban J connectivity index is 2.15. The monoisotopic (exact) mass is 287 g/mol. The first kappa shape index (κ1) is 14.5. The van der Waals surface area contributed by atoms with Gasteiger partial charge in [-0.25, -0.2) is 8.42 Å². The second-order valence-corrected chi connectivity index (χ2v) is 7.07. The lowest BCUT2D eigenvalue weighted by Crippen LogP contribution is -2.44. The fraction of sp³-hybridized carbons (Fsp3) is 0.750. The first-order valence-corrected chi connectivity index (χ1v) is 7.99. The Bertz CT molecular complexity index is 513. The lowest BCUT2D eigenvalue weighted by molar-refractivity contribution is 0.337. The van der Waals surface area contributed by atoms with Gasteiger partial charge in [0.15, 0.2) is 5.76 Å². The number of aromatic nitrogens is 1. The van der Waals surface area contributed by atoms with Gasteiger partial charge in [0.05, 0.1) is 0 Å². The Morgan fingerprint density at radius 2 is 2.16 bits per heavy atom. The van der Waals surface area contributed by atoms with E-state index in [4.69, 9.17) is 4.52 Å². The molecule has 1 N–H and O–H groups in total. The quantitative estimate of drug-likeness (QED) is 0.896. The summed E-state index contributed by atoms with van der Waals surface area (Å²) >= 11 is 0. The van der Waals surface area contributed by atoms with E-state index in [0.29, 0.717) is 18.0 Å². The standard InChI is InChI=1S/C12H21N3O3S/c1-9-12(10(2)18-14-9)19(16,17)15(3)8-11-6-4-5-7-13-11/h11,13H,4-8H2,1-3H3. The summed E-state index contributed by atoms with van der Waals surface area (Å²) < 4.78 is 31.4. The zero-order chi connectivity index (χ0) is 14.0. The summed E-state index contributed by atoms with van der Waals surface area (Å²) in [7, 11) is -1.91. The number of piperidine rings is 1. The van der Waals surface area contributed by atoms with Crippen LogP contribution in [0.15, 0.2) is 9.42 Å². The van der Waals surface area contributed by atoms with Crippen LogP contribution in [0.4, 0.5) is 0 Å². The minimum Gasteiger partial charge on any atom is -0.360 e. The summed E-state index contributed by atoms with van der Waals surface area (Å²) in [6, 6.07) is 0.231. The maximum Gasteiger partial charge on any atom is 0.248 e. The molecule has 0 amide bonds. The summed E-state index contributed by atoms with van der Waals surface area (Å²) in [4.78, 5) is 0.200. The van der Waals surface area contributed by atoms with Gasteiger partial charge in [0.25, 0.3) is 0 Å². The van der Waals surface area contributed by atoms with Crippen LogP contribution >= 0.6 is 0 Å². The molecular weight excluding hydrogens is 266 g/mol. The van der Waals surface area contributed by atoms with Crippen molar-refractivity contribution in [3.63, 3.8) is 0 Å². The lowest BCUT2D eigenvalue weighted by Gasteiger charge is -2.27. The predicted molar refractivity (Wildman–Crippen MR) is 71.4 cm³/mol. The van der Waals surface area contributed by atoms with Gasteiger partial charge in [-0.05, 0) is 33.2 Å². The summed E-state index contributed by atoms with van der Waals surface area (Å²) in [5.74, 6) is 0.348. The number of aryl methyl sites for hydroxylation is 2. The van der Waals surface area contributed by atoms with Crippen molar-refractivity contribution in [2.75, 3.05) is 20.1 Å². The predicted octanol–water partition coefficient (Wildman–Crippen LogP) is 1.05. The molecule has 108 valence electrons. The first-order chi connectivity index (χ1) is 8.93. The first-order valence-electron chi connectivity index (χ1n) is 6.55. The van der Waals surface area contributed by atoms with E-state index in [0.717, 1.165) is 25.8 Å². The highest BCUT2D eigenvalue weighted by molar-refractivity contribution is 7.89. The van der Waals surface area contributed by atoms with E-state index in [1.54, 1.807) is 20.9 Å². The Morgan fingerprint density at radius 1 is 1.42 bits per heavy atom. The van der Waals surface area contributed by atoms with Crippen LogP contribution in [0.25, 0.3) is 0 Å². The maximum atomic E-state index is 12.5. The van der Waals surface area contributed by atoms with Crippen molar-refractivity contribution in [3.8, 4) is 0 Å². The molecule has 0 bridgehead atoms. The molecule has 19 heavy (non-hydrogen) atoms. The average molecular weight is 287 g/mol. The van der Waals surface area contributed by atoms with Gasteiger partial charge in [-0.3, -0.25) is 0 Å². The molecule has 1 aromatic heterocycles. The van der Waals surface area contributed by atoms with Crippen LogP contribution in [0.3, 0.4) is 0 Å². The minimum absolute atomic E-state index is 0.200. The maximum absolute atomic E-state index is 12.5. The Hall–Kier alpha value is -0.920. The van der Waals surface area contributed by atoms with Gasteiger partial charge < -0.3 is 9.84 Å². The van der Waals surface area contributed by atoms with Crippen molar-refractivity contribution in [1.29, 1.82) is 0 Å². The molecule has 1 aliphatic rings. The lowest BCUT2D eigenvalue weighted by atomic mass is 10.1. The van der Waals surface area contributed by atoms with Crippen molar-refractivity contribution in [2.45, 2.75) is 44.0 Å². The molecule has 0 radical (unpaired) electrons. The fourth-order valence-corrected chi connectivity index (χ4v) is 3.99. The minimum atomic E-state index is -3.52. The van der Waals surface area contributed by atoms with Crippen LogP contribution < -0.4 is 5.32 Å². The molecule has 1 atom stereocenters. The van der Waals surface area contributed by atoms with Gasteiger partial charge in [-0.1, -0.05) is 11.6 Å². The Labute approximate surface area is 114 Å². The molecule has 0 aliphatic carbocycles. The van der Waals surface area contributed by atoms with Gasteiger partial charge >= 0.3 is 0 Å². The number of rotatable bonds is 4. The molecule has 7 heteroatoms. The molecular formula is C12H21N3O3S. The van der Waals surface area contributed by atoms with E-state index in [9.17, 15) is 8.42 Å². The second-order valence-electron chi connectivity index (χ2n) is 5.09. The van der Waals surface area contributed by atoms with E-state index in [-0.39, 0.29) is 10.9 Å². The summed E-state index contributed by atoms with van der Waals surface area (Å²) in [5.41, 5.74) is 0.418. The molecule has 1 aromatic rings. The third-order valence-corrected chi connectivity index (χ3v) is 5.59. The van der Waals surface area contributed by atoms with Gasteiger partial charge in [-0.15, -0.1) is 0 Å². The third-order valence-electron chi connectivity index (χ3n) is 3.53. The van der Waals surface area contributed by atoms with Gasteiger partial charge in [0, 0.05) is 19.6 Å². The number of nitrogens with one attached hydrogen (secondary N) is 1. The van der Waals surface area contributed by atoms with Crippen LogP contribution in [0, 0.1) is 13.8 Å². The highest BCUT2D eigenvalue weighted by Crippen LogP contribution is 2.23. The summed E-state index contributed by atoms with van der Waals surface area (Å²) in [6.45, 7) is 4.71. The molecule has 1 unspecified atom stereocenters. The molecule has 1 aliphatic heterocycles. The number of sulfonamides is 1. The van der Waals surface area contributed by atoms with E-state index in [1.165, 1.54) is 4.31 Å². The van der Waals surface area contributed by atoms with Gasteiger partial charge in [0.2, 0.25) is 10.0 Å². The Kier molecular flexibility index (Phi) is 4.27.